The standard InChI is InChI=1S/C17H22N2O3S/c1-5-19-16(20)14(18(4)17(19)23)10-12-8-9-13(21-6-2)11-15(12)22-7-3/h8-11H,5-7H2,1-4H3. The molecule has 0 spiro atoms. The molecule has 1 aliphatic heterocycles. The van der Waals surface area contributed by atoms with Gasteiger partial charge in [-0.15, -0.1) is 0 Å². The molecule has 1 fully saturated rings. The van der Waals surface area contributed by atoms with Crippen molar-refractivity contribution in [3.63, 3.8) is 0 Å². The number of benzene rings is 1. The zero-order valence-corrected chi connectivity index (χ0v) is 14.8. The molecule has 2 rings (SSSR count). The Morgan fingerprint density at radius 3 is 2.43 bits per heavy atom. The van der Waals surface area contributed by atoms with Gasteiger partial charge in [-0.25, -0.2) is 0 Å². The van der Waals surface area contributed by atoms with Gasteiger partial charge >= 0.3 is 0 Å². The predicted molar refractivity (Wildman–Crippen MR) is 94.5 cm³/mol. The average Bonchev–Trinajstić information content (AvgIpc) is 2.73. The molecule has 0 aliphatic carbocycles. The van der Waals surface area contributed by atoms with Crippen LogP contribution < -0.4 is 9.47 Å². The molecule has 0 aromatic heterocycles. The minimum atomic E-state index is -0.0867. The van der Waals surface area contributed by atoms with Gasteiger partial charge in [-0.05, 0) is 51.2 Å². The second-order valence-electron chi connectivity index (χ2n) is 4.99. The minimum Gasteiger partial charge on any atom is -0.494 e. The first kappa shape index (κ1) is 17.3. The maximum Gasteiger partial charge on any atom is 0.276 e. The third kappa shape index (κ3) is 3.47. The molecule has 0 saturated carbocycles. The van der Waals surface area contributed by atoms with Crippen LogP contribution >= 0.6 is 12.2 Å². The van der Waals surface area contributed by atoms with Crippen molar-refractivity contribution in [2.45, 2.75) is 20.8 Å². The highest BCUT2D eigenvalue weighted by atomic mass is 32.1. The van der Waals surface area contributed by atoms with E-state index in [1.807, 2.05) is 45.0 Å². The highest BCUT2D eigenvalue weighted by Crippen LogP contribution is 2.29. The monoisotopic (exact) mass is 334 g/mol. The molecule has 1 aromatic rings. The number of likely N-dealkylation sites (N-methyl/N-ethyl adjacent to an activating group) is 2. The van der Waals surface area contributed by atoms with E-state index in [1.54, 1.807) is 16.8 Å². The summed E-state index contributed by atoms with van der Waals surface area (Å²) in [6.07, 6.45) is 1.81. The van der Waals surface area contributed by atoms with Gasteiger partial charge in [0.1, 0.15) is 17.2 Å². The third-order valence-electron chi connectivity index (χ3n) is 3.55. The van der Waals surface area contributed by atoms with Gasteiger partial charge in [-0.3, -0.25) is 9.69 Å². The first-order chi connectivity index (χ1) is 11.0. The van der Waals surface area contributed by atoms with Gasteiger partial charge in [0, 0.05) is 25.2 Å². The molecule has 1 heterocycles. The fourth-order valence-corrected chi connectivity index (χ4v) is 2.72. The van der Waals surface area contributed by atoms with Gasteiger partial charge in [0.05, 0.1) is 13.2 Å². The molecular formula is C17H22N2O3S. The van der Waals surface area contributed by atoms with E-state index in [4.69, 9.17) is 21.7 Å². The van der Waals surface area contributed by atoms with Gasteiger partial charge in [-0.2, -0.15) is 0 Å². The molecular weight excluding hydrogens is 312 g/mol. The number of thiocarbonyl (C=S) groups is 1. The number of amides is 1. The molecule has 0 radical (unpaired) electrons. The number of ether oxygens (including phenoxy) is 2. The Balaban J connectivity index is 2.41. The van der Waals surface area contributed by atoms with Crippen LogP contribution in [0.4, 0.5) is 0 Å². The number of rotatable bonds is 6. The van der Waals surface area contributed by atoms with Crippen LogP contribution in [0.3, 0.4) is 0 Å². The molecule has 0 bridgehead atoms. The van der Waals surface area contributed by atoms with Crippen LogP contribution in [0.1, 0.15) is 26.3 Å². The lowest BCUT2D eigenvalue weighted by Crippen LogP contribution is -2.30. The van der Waals surface area contributed by atoms with E-state index in [1.165, 1.54) is 0 Å². The zero-order chi connectivity index (χ0) is 17.0. The van der Waals surface area contributed by atoms with Gasteiger partial charge in [-0.1, -0.05) is 0 Å². The average molecular weight is 334 g/mol. The molecule has 1 aliphatic rings. The molecule has 1 amide bonds. The molecule has 1 saturated heterocycles. The molecule has 0 unspecified atom stereocenters. The van der Waals surface area contributed by atoms with E-state index < -0.39 is 0 Å². The maximum atomic E-state index is 12.5. The highest BCUT2D eigenvalue weighted by Gasteiger charge is 2.34. The van der Waals surface area contributed by atoms with Crippen molar-refractivity contribution in [1.82, 2.24) is 9.80 Å². The summed E-state index contributed by atoms with van der Waals surface area (Å²) in [6, 6.07) is 5.60. The van der Waals surface area contributed by atoms with E-state index in [2.05, 4.69) is 0 Å². The van der Waals surface area contributed by atoms with Crippen molar-refractivity contribution in [2.75, 3.05) is 26.8 Å². The summed E-state index contributed by atoms with van der Waals surface area (Å²) in [5.74, 6) is 1.35. The Labute approximate surface area is 142 Å². The Hall–Kier alpha value is -2.08. The Kier molecular flexibility index (Phi) is 5.60. The summed E-state index contributed by atoms with van der Waals surface area (Å²) in [6.45, 7) is 7.44. The Morgan fingerprint density at radius 1 is 1.17 bits per heavy atom. The lowest BCUT2D eigenvalue weighted by Gasteiger charge is -2.14. The molecule has 0 N–H and O–H groups in total. The second kappa shape index (κ2) is 7.46. The number of carbonyl (C=O) groups is 1. The van der Waals surface area contributed by atoms with Crippen LogP contribution in [0, 0.1) is 0 Å². The van der Waals surface area contributed by atoms with Crippen molar-refractivity contribution in [1.29, 1.82) is 0 Å². The van der Waals surface area contributed by atoms with Gasteiger partial charge in [0.2, 0.25) is 0 Å². The normalized spacial score (nSPS) is 16.4. The fraction of sp³-hybridized carbons (Fsp3) is 0.412. The first-order valence-electron chi connectivity index (χ1n) is 7.74. The van der Waals surface area contributed by atoms with E-state index in [-0.39, 0.29) is 5.91 Å². The lowest BCUT2D eigenvalue weighted by molar-refractivity contribution is -0.122. The van der Waals surface area contributed by atoms with E-state index in [9.17, 15) is 4.79 Å². The van der Waals surface area contributed by atoms with Crippen molar-refractivity contribution in [3.8, 4) is 11.5 Å². The summed E-state index contributed by atoms with van der Waals surface area (Å²) in [5.41, 5.74) is 1.37. The van der Waals surface area contributed by atoms with Crippen molar-refractivity contribution in [2.24, 2.45) is 0 Å². The topological polar surface area (TPSA) is 42.0 Å². The number of hydrogen-bond acceptors (Lipinski definition) is 4. The van der Waals surface area contributed by atoms with Gasteiger partial charge < -0.3 is 14.4 Å². The molecule has 0 atom stereocenters. The van der Waals surface area contributed by atoms with Crippen molar-refractivity contribution in [3.05, 3.63) is 29.5 Å². The van der Waals surface area contributed by atoms with Gasteiger partial charge in [0.15, 0.2) is 5.11 Å². The summed E-state index contributed by atoms with van der Waals surface area (Å²) in [7, 11) is 1.80. The lowest BCUT2D eigenvalue weighted by atomic mass is 10.1. The molecule has 1 aromatic carbocycles. The van der Waals surface area contributed by atoms with Crippen LogP contribution in [-0.4, -0.2) is 47.6 Å². The summed E-state index contributed by atoms with van der Waals surface area (Å²) >= 11 is 5.31. The molecule has 6 heteroatoms. The van der Waals surface area contributed by atoms with Crippen molar-refractivity contribution < 1.29 is 14.3 Å². The molecule has 5 nitrogen and oxygen atoms in total. The SMILES string of the molecule is CCOc1ccc(C=C2C(=O)N(CC)C(=S)N2C)c(OCC)c1. The van der Waals surface area contributed by atoms with E-state index in [0.717, 1.165) is 11.3 Å². The van der Waals surface area contributed by atoms with E-state index in [0.29, 0.717) is 36.3 Å². The number of nitrogens with zero attached hydrogens (tertiary/aromatic N) is 2. The Morgan fingerprint density at radius 2 is 1.87 bits per heavy atom. The smallest absolute Gasteiger partial charge is 0.276 e. The molecule has 23 heavy (non-hydrogen) atoms. The zero-order valence-electron chi connectivity index (χ0n) is 14.0. The van der Waals surface area contributed by atoms with Gasteiger partial charge in [0.25, 0.3) is 5.91 Å². The van der Waals surface area contributed by atoms with Crippen LogP contribution in [0.2, 0.25) is 0 Å². The number of hydrogen-bond donors (Lipinski definition) is 0. The Bertz CT molecular complexity index is 643. The van der Waals surface area contributed by atoms with Crippen LogP contribution in [-0.2, 0) is 4.79 Å². The number of carbonyl (C=O) groups excluding carboxylic acids is 1. The van der Waals surface area contributed by atoms with Crippen molar-refractivity contribution >= 4 is 29.3 Å². The first-order valence-corrected chi connectivity index (χ1v) is 8.15. The van der Waals surface area contributed by atoms with Crippen LogP contribution in [0.25, 0.3) is 6.08 Å². The second-order valence-corrected chi connectivity index (χ2v) is 5.35. The summed E-state index contributed by atoms with van der Waals surface area (Å²) < 4.78 is 11.2. The largest absolute Gasteiger partial charge is 0.494 e. The highest BCUT2D eigenvalue weighted by molar-refractivity contribution is 7.80. The minimum absolute atomic E-state index is 0.0867. The maximum absolute atomic E-state index is 12.5. The van der Waals surface area contributed by atoms with Crippen LogP contribution in [0.15, 0.2) is 23.9 Å². The fourth-order valence-electron chi connectivity index (χ4n) is 2.41. The quantitative estimate of drug-likeness (QED) is 0.591. The van der Waals surface area contributed by atoms with Crippen LogP contribution in [0.5, 0.6) is 11.5 Å². The summed E-state index contributed by atoms with van der Waals surface area (Å²) in [5, 5.41) is 0.521. The summed E-state index contributed by atoms with van der Waals surface area (Å²) in [4.78, 5) is 15.8. The molecule has 124 valence electrons. The predicted octanol–water partition coefficient (Wildman–Crippen LogP) is 2.90. The van der Waals surface area contributed by atoms with E-state index >= 15 is 0 Å². The third-order valence-corrected chi connectivity index (χ3v) is 4.04.